The zero-order valence-corrected chi connectivity index (χ0v) is 22.5. The van der Waals surface area contributed by atoms with Gasteiger partial charge >= 0.3 is 6.18 Å². The van der Waals surface area contributed by atoms with E-state index in [1.807, 2.05) is 0 Å². The van der Waals surface area contributed by atoms with Crippen LogP contribution in [0.2, 0.25) is 0 Å². The Morgan fingerprint density at radius 2 is 1.81 bits per heavy atom. The molecular formula is C28H27F6N3O5. The van der Waals surface area contributed by atoms with Crippen LogP contribution in [0.5, 0.6) is 0 Å². The summed E-state index contributed by atoms with van der Waals surface area (Å²) in [5, 5.41) is 8.27. The Labute approximate surface area is 236 Å². The highest BCUT2D eigenvalue weighted by Gasteiger charge is 2.61. The zero-order valence-electron chi connectivity index (χ0n) is 22.5. The van der Waals surface area contributed by atoms with Gasteiger partial charge in [0.15, 0.2) is 29.0 Å². The summed E-state index contributed by atoms with van der Waals surface area (Å²) in [4.78, 5) is 0. The van der Waals surface area contributed by atoms with Gasteiger partial charge in [0, 0.05) is 12.0 Å². The van der Waals surface area contributed by atoms with E-state index in [1.54, 1.807) is 13.8 Å². The van der Waals surface area contributed by atoms with Gasteiger partial charge in [-0.05, 0) is 50.1 Å². The van der Waals surface area contributed by atoms with Crippen molar-refractivity contribution in [2.75, 3.05) is 13.2 Å². The van der Waals surface area contributed by atoms with Gasteiger partial charge in [0.05, 0.1) is 31.6 Å². The number of alkyl halides is 3. The second kappa shape index (κ2) is 10.6. The standard InChI is InChI=1S/C28H27F6N3O5/c1-26(2)40-14-21-24(42-26)23(37-12-20(35-36-37)16-10-18(29)22(31)19(30)11-16)25(27(41-21)7-4-8-39-27)38-13-15-5-3-6-17(9-15)28(32,33)34/h3,5-6,9-12,21,23-25H,4,7-8,13-14H2,1-2H3/t21-,23+,24+,25-,27+/m1/s1. The summed E-state index contributed by atoms with van der Waals surface area (Å²) in [5.41, 5.74) is -0.562. The van der Waals surface area contributed by atoms with Crippen molar-refractivity contribution in [1.82, 2.24) is 15.0 Å². The number of halogens is 6. The van der Waals surface area contributed by atoms with Crippen molar-refractivity contribution in [3.63, 3.8) is 0 Å². The maximum atomic E-state index is 14.0. The van der Waals surface area contributed by atoms with Crippen LogP contribution >= 0.6 is 0 Å². The quantitative estimate of drug-likeness (QED) is 0.281. The van der Waals surface area contributed by atoms with Crippen molar-refractivity contribution in [1.29, 1.82) is 0 Å². The minimum atomic E-state index is -4.53. The smallest absolute Gasteiger partial charge is 0.366 e. The highest BCUT2D eigenvalue weighted by atomic mass is 19.4. The maximum Gasteiger partial charge on any atom is 0.416 e. The summed E-state index contributed by atoms with van der Waals surface area (Å²) in [6.07, 6.45) is -4.48. The van der Waals surface area contributed by atoms with Crippen LogP contribution in [0, 0.1) is 17.5 Å². The first-order chi connectivity index (χ1) is 19.9. The van der Waals surface area contributed by atoms with E-state index in [0.29, 0.717) is 19.4 Å². The molecule has 1 spiro atoms. The molecule has 0 radical (unpaired) electrons. The molecular weight excluding hydrogens is 572 g/mol. The summed E-state index contributed by atoms with van der Waals surface area (Å²) in [5.74, 6) is -6.74. The molecule has 0 saturated carbocycles. The van der Waals surface area contributed by atoms with Gasteiger partial charge < -0.3 is 23.7 Å². The summed E-state index contributed by atoms with van der Waals surface area (Å²) in [6, 6.07) is 5.56. The summed E-state index contributed by atoms with van der Waals surface area (Å²) < 4.78 is 114. The van der Waals surface area contributed by atoms with Gasteiger partial charge in [-0.2, -0.15) is 13.2 Å². The predicted molar refractivity (Wildman–Crippen MR) is 132 cm³/mol. The fourth-order valence-corrected chi connectivity index (χ4v) is 5.71. The first-order valence-corrected chi connectivity index (χ1v) is 13.3. The zero-order chi connectivity index (χ0) is 29.9. The molecule has 0 bridgehead atoms. The Balaban J connectivity index is 1.40. The van der Waals surface area contributed by atoms with E-state index in [0.717, 1.165) is 24.3 Å². The number of hydrogen-bond donors (Lipinski definition) is 0. The number of fused-ring (bicyclic) bond motifs is 1. The van der Waals surface area contributed by atoms with Gasteiger partial charge in [-0.3, -0.25) is 0 Å². The van der Waals surface area contributed by atoms with Crippen LogP contribution in [-0.4, -0.2) is 58.1 Å². The second-order valence-corrected chi connectivity index (χ2v) is 11.0. The largest absolute Gasteiger partial charge is 0.416 e. The van der Waals surface area contributed by atoms with E-state index >= 15 is 0 Å². The highest BCUT2D eigenvalue weighted by molar-refractivity contribution is 5.58. The van der Waals surface area contributed by atoms with Crippen molar-refractivity contribution >= 4 is 0 Å². The molecule has 8 nitrogen and oxygen atoms in total. The molecule has 5 atom stereocenters. The molecule has 1 aromatic heterocycles. The van der Waals surface area contributed by atoms with Crippen molar-refractivity contribution < 1.29 is 50.0 Å². The van der Waals surface area contributed by atoms with Gasteiger partial charge in [-0.25, -0.2) is 17.9 Å². The Hall–Kier alpha value is -3.04. The molecule has 0 amide bonds. The molecule has 6 rings (SSSR count). The van der Waals surface area contributed by atoms with E-state index in [4.69, 9.17) is 23.7 Å². The van der Waals surface area contributed by atoms with Gasteiger partial charge in [0.2, 0.25) is 0 Å². The third kappa shape index (κ3) is 5.41. The Morgan fingerprint density at radius 3 is 2.50 bits per heavy atom. The monoisotopic (exact) mass is 599 g/mol. The van der Waals surface area contributed by atoms with E-state index in [2.05, 4.69) is 10.3 Å². The molecule has 3 aliphatic rings. The first kappa shape index (κ1) is 29.1. The number of rotatable bonds is 5. The Bertz CT molecular complexity index is 1430. The van der Waals surface area contributed by atoms with E-state index in [1.165, 1.54) is 23.0 Å². The summed E-state index contributed by atoms with van der Waals surface area (Å²) in [7, 11) is 0. The minimum Gasteiger partial charge on any atom is -0.366 e. The lowest BCUT2D eigenvalue weighted by Gasteiger charge is -2.54. The second-order valence-electron chi connectivity index (χ2n) is 11.0. The Morgan fingerprint density at radius 1 is 1.05 bits per heavy atom. The molecule has 0 N–H and O–H groups in total. The van der Waals surface area contributed by atoms with Gasteiger partial charge in [0.1, 0.15) is 30.0 Å². The topological polar surface area (TPSA) is 76.9 Å². The number of aromatic nitrogens is 3. The van der Waals surface area contributed by atoms with Crippen LogP contribution < -0.4 is 0 Å². The van der Waals surface area contributed by atoms with E-state index in [9.17, 15) is 26.3 Å². The van der Waals surface area contributed by atoms with Crippen molar-refractivity contribution in [2.24, 2.45) is 0 Å². The predicted octanol–water partition coefficient (Wildman–Crippen LogP) is 5.56. The normalized spacial score (nSPS) is 29.1. The van der Waals surface area contributed by atoms with E-state index in [-0.39, 0.29) is 30.0 Å². The minimum absolute atomic E-state index is 0.0418. The van der Waals surface area contributed by atoms with Crippen molar-refractivity contribution in [3.8, 4) is 11.3 Å². The summed E-state index contributed by atoms with van der Waals surface area (Å²) in [6.45, 7) is 3.68. The summed E-state index contributed by atoms with van der Waals surface area (Å²) >= 11 is 0. The molecule has 2 aromatic carbocycles. The molecule has 0 unspecified atom stereocenters. The van der Waals surface area contributed by atoms with Crippen molar-refractivity contribution in [2.45, 2.75) is 75.4 Å². The highest BCUT2D eigenvalue weighted by Crippen LogP contribution is 2.48. The molecule has 0 aliphatic carbocycles. The molecule has 3 aliphatic heterocycles. The molecule has 14 heteroatoms. The van der Waals surface area contributed by atoms with Crippen LogP contribution in [0.3, 0.4) is 0 Å². The fourth-order valence-electron chi connectivity index (χ4n) is 5.71. The lowest BCUT2D eigenvalue weighted by atomic mass is 9.87. The lowest BCUT2D eigenvalue weighted by molar-refractivity contribution is -0.404. The SMILES string of the molecule is CC1(C)OC[C@H]2O[C@@]3(CCCO3)[C@H](OCc3cccc(C(F)(F)F)c3)[C@@H](n3cc(-c4cc(F)c(F)c(F)c4)nn3)[C@H]2O1. The van der Waals surface area contributed by atoms with Crippen LogP contribution in [0.15, 0.2) is 42.6 Å². The molecule has 3 saturated heterocycles. The van der Waals surface area contributed by atoms with Crippen molar-refractivity contribution in [3.05, 3.63) is 71.2 Å². The van der Waals surface area contributed by atoms with Crippen LogP contribution in [-0.2, 0) is 36.5 Å². The number of nitrogens with zero attached hydrogens (tertiary/aromatic N) is 3. The molecule has 3 aromatic rings. The van der Waals surface area contributed by atoms with Crippen LogP contribution in [0.25, 0.3) is 11.3 Å². The Kier molecular flexibility index (Phi) is 7.33. The molecule has 4 heterocycles. The molecule has 42 heavy (non-hydrogen) atoms. The van der Waals surface area contributed by atoms with Crippen LogP contribution in [0.1, 0.15) is 43.9 Å². The number of benzene rings is 2. The van der Waals surface area contributed by atoms with Crippen LogP contribution in [0.4, 0.5) is 26.3 Å². The van der Waals surface area contributed by atoms with Gasteiger partial charge in [-0.15, -0.1) is 5.10 Å². The van der Waals surface area contributed by atoms with E-state index < -0.39 is 65.1 Å². The lowest BCUT2D eigenvalue weighted by Crippen LogP contribution is -2.67. The third-order valence-electron chi connectivity index (χ3n) is 7.61. The first-order valence-electron chi connectivity index (χ1n) is 13.3. The number of hydrogen-bond acceptors (Lipinski definition) is 7. The van der Waals surface area contributed by atoms with Gasteiger partial charge in [0.25, 0.3) is 0 Å². The third-order valence-corrected chi connectivity index (χ3v) is 7.61. The fraction of sp³-hybridized carbons (Fsp3) is 0.500. The molecule has 3 fully saturated rings. The average molecular weight is 600 g/mol. The maximum absolute atomic E-state index is 14.0. The average Bonchev–Trinajstić information content (AvgIpc) is 3.60. The van der Waals surface area contributed by atoms with Gasteiger partial charge in [-0.1, -0.05) is 17.3 Å². The molecule has 226 valence electrons. The number of ether oxygens (including phenoxy) is 5.